The lowest BCUT2D eigenvalue weighted by molar-refractivity contribution is -0.123. The molecule has 1 heterocycles. The summed E-state index contributed by atoms with van der Waals surface area (Å²) in [7, 11) is 1.78. The van der Waals surface area contributed by atoms with Gasteiger partial charge in [0.25, 0.3) is 5.91 Å². The Hall–Kier alpha value is -3.14. The predicted octanol–water partition coefficient (Wildman–Crippen LogP) is 2.09. The van der Waals surface area contributed by atoms with Crippen molar-refractivity contribution < 1.29 is 14.3 Å². The number of hydrogen-bond donors (Lipinski definition) is 1. The minimum Gasteiger partial charge on any atom is -0.449 e. The molecule has 1 N–H and O–H groups in total. The molecule has 1 atom stereocenters. The quantitative estimate of drug-likeness (QED) is 0.868. The van der Waals surface area contributed by atoms with E-state index in [1.165, 1.54) is 31.2 Å². The fourth-order valence-electron chi connectivity index (χ4n) is 2.14. The monoisotopic (exact) mass is 326 g/mol. The zero-order valence-corrected chi connectivity index (χ0v) is 14.0. The highest BCUT2D eigenvalue weighted by Gasteiger charge is 2.21. The maximum atomic E-state index is 12.2. The number of carbonyl (C=O) groups is 2. The van der Waals surface area contributed by atoms with Gasteiger partial charge in [-0.1, -0.05) is 0 Å². The number of nitrogens with zero attached hydrogens (tertiary/aromatic N) is 3. The number of aromatic nitrogens is 2. The highest BCUT2D eigenvalue weighted by Crippen LogP contribution is 2.19. The van der Waals surface area contributed by atoms with Gasteiger partial charge in [-0.3, -0.25) is 9.48 Å². The van der Waals surface area contributed by atoms with E-state index in [9.17, 15) is 9.59 Å². The van der Waals surface area contributed by atoms with E-state index in [-0.39, 0.29) is 5.56 Å². The van der Waals surface area contributed by atoms with Gasteiger partial charge in [0.15, 0.2) is 6.10 Å². The van der Waals surface area contributed by atoms with Crippen LogP contribution in [0.4, 0.5) is 5.69 Å². The number of benzene rings is 1. The largest absolute Gasteiger partial charge is 0.449 e. The van der Waals surface area contributed by atoms with Crippen LogP contribution < -0.4 is 5.32 Å². The molecule has 2 aromatic rings. The van der Waals surface area contributed by atoms with Gasteiger partial charge in [-0.05, 0) is 45.0 Å². The molecule has 0 fully saturated rings. The van der Waals surface area contributed by atoms with Crippen molar-refractivity contribution in [1.29, 1.82) is 5.26 Å². The van der Waals surface area contributed by atoms with Crippen LogP contribution in [0.15, 0.2) is 24.3 Å². The Morgan fingerprint density at radius 3 is 2.42 bits per heavy atom. The van der Waals surface area contributed by atoms with Crippen LogP contribution in [0.25, 0.3) is 0 Å². The number of hydrogen-bond acceptors (Lipinski definition) is 5. The van der Waals surface area contributed by atoms with E-state index in [0.717, 1.165) is 5.69 Å². The number of anilines is 1. The Balaban J connectivity index is 2.03. The molecule has 0 saturated carbocycles. The van der Waals surface area contributed by atoms with E-state index in [1.54, 1.807) is 18.7 Å². The maximum Gasteiger partial charge on any atom is 0.338 e. The van der Waals surface area contributed by atoms with Gasteiger partial charge < -0.3 is 10.1 Å². The van der Waals surface area contributed by atoms with E-state index in [2.05, 4.69) is 10.4 Å². The van der Waals surface area contributed by atoms with Crippen molar-refractivity contribution >= 4 is 17.6 Å². The summed E-state index contributed by atoms with van der Waals surface area (Å²) in [5, 5.41) is 15.7. The minimum absolute atomic E-state index is 0.280. The molecule has 0 saturated heterocycles. The zero-order valence-electron chi connectivity index (χ0n) is 14.0. The van der Waals surface area contributed by atoms with Crippen LogP contribution in [0.5, 0.6) is 0 Å². The van der Waals surface area contributed by atoms with Gasteiger partial charge in [0.1, 0.15) is 0 Å². The Morgan fingerprint density at radius 1 is 1.29 bits per heavy atom. The summed E-state index contributed by atoms with van der Waals surface area (Å²) >= 11 is 0. The molecule has 0 unspecified atom stereocenters. The Morgan fingerprint density at radius 2 is 1.92 bits per heavy atom. The zero-order chi connectivity index (χ0) is 17.9. The van der Waals surface area contributed by atoms with Crippen LogP contribution in [0, 0.1) is 25.2 Å². The Labute approximate surface area is 139 Å². The summed E-state index contributed by atoms with van der Waals surface area (Å²) in [6, 6.07) is 7.98. The van der Waals surface area contributed by atoms with Crippen molar-refractivity contribution in [2.24, 2.45) is 7.05 Å². The summed E-state index contributed by atoms with van der Waals surface area (Å²) < 4.78 is 6.83. The summed E-state index contributed by atoms with van der Waals surface area (Å²) in [6.45, 7) is 5.12. The molecule has 2 rings (SSSR count). The topological polar surface area (TPSA) is 97.0 Å². The molecule has 0 aliphatic carbocycles. The number of nitrogens with one attached hydrogen (secondary N) is 1. The number of carbonyl (C=O) groups excluding carboxylic acids is 2. The normalized spacial score (nSPS) is 11.5. The standard InChI is InChI=1S/C17H18N4O3/c1-10-15(11(2)21(4)20-10)19-16(22)12(3)24-17(23)14-7-5-13(9-18)6-8-14/h5-8,12H,1-4H3,(H,19,22)/t12-/m1/s1. The number of ether oxygens (including phenoxy) is 1. The van der Waals surface area contributed by atoms with Gasteiger partial charge >= 0.3 is 5.97 Å². The van der Waals surface area contributed by atoms with Crippen LogP contribution in [-0.2, 0) is 16.6 Å². The third-order valence-electron chi connectivity index (χ3n) is 3.66. The fourth-order valence-corrected chi connectivity index (χ4v) is 2.14. The lowest BCUT2D eigenvalue weighted by atomic mass is 10.1. The summed E-state index contributed by atoms with van der Waals surface area (Å²) in [6.07, 6.45) is -0.966. The Kier molecular flexibility index (Phi) is 4.99. The van der Waals surface area contributed by atoms with E-state index in [4.69, 9.17) is 10.00 Å². The third kappa shape index (κ3) is 3.60. The number of rotatable bonds is 4. The number of amides is 1. The number of esters is 1. The van der Waals surface area contributed by atoms with Crippen LogP contribution in [0.3, 0.4) is 0 Å². The smallest absolute Gasteiger partial charge is 0.338 e. The van der Waals surface area contributed by atoms with Crippen molar-refractivity contribution in [2.45, 2.75) is 26.9 Å². The predicted molar refractivity (Wildman–Crippen MR) is 87.3 cm³/mol. The van der Waals surface area contributed by atoms with Gasteiger partial charge in [0.2, 0.25) is 0 Å². The van der Waals surface area contributed by atoms with Crippen molar-refractivity contribution in [3.63, 3.8) is 0 Å². The second kappa shape index (κ2) is 6.96. The molecule has 1 aromatic carbocycles. The van der Waals surface area contributed by atoms with Gasteiger partial charge in [0.05, 0.1) is 34.3 Å². The highest BCUT2D eigenvalue weighted by atomic mass is 16.5. The number of aryl methyl sites for hydroxylation is 2. The maximum absolute atomic E-state index is 12.2. The molecule has 7 heteroatoms. The van der Waals surface area contributed by atoms with Gasteiger partial charge in [-0.15, -0.1) is 0 Å². The van der Waals surface area contributed by atoms with E-state index >= 15 is 0 Å². The lowest BCUT2D eigenvalue weighted by Crippen LogP contribution is -2.30. The fraction of sp³-hybridized carbons (Fsp3) is 0.294. The van der Waals surface area contributed by atoms with E-state index in [1.807, 2.05) is 13.0 Å². The van der Waals surface area contributed by atoms with Crippen LogP contribution in [0.1, 0.15) is 34.2 Å². The van der Waals surface area contributed by atoms with Crippen molar-refractivity contribution in [1.82, 2.24) is 9.78 Å². The molecule has 0 aliphatic rings. The first-order valence-corrected chi connectivity index (χ1v) is 7.35. The minimum atomic E-state index is -0.966. The summed E-state index contributed by atoms with van der Waals surface area (Å²) in [5.74, 6) is -1.06. The molecule has 0 aliphatic heterocycles. The van der Waals surface area contributed by atoms with Crippen LogP contribution >= 0.6 is 0 Å². The molecule has 0 radical (unpaired) electrons. The average molecular weight is 326 g/mol. The third-order valence-corrected chi connectivity index (χ3v) is 3.66. The molecule has 124 valence electrons. The van der Waals surface area contributed by atoms with Crippen molar-refractivity contribution in [3.8, 4) is 6.07 Å². The summed E-state index contributed by atoms with van der Waals surface area (Å²) in [4.78, 5) is 24.3. The SMILES string of the molecule is Cc1nn(C)c(C)c1NC(=O)[C@@H](C)OC(=O)c1ccc(C#N)cc1. The highest BCUT2D eigenvalue weighted by molar-refractivity contribution is 5.98. The van der Waals surface area contributed by atoms with Crippen molar-refractivity contribution in [3.05, 3.63) is 46.8 Å². The van der Waals surface area contributed by atoms with E-state index in [0.29, 0.717) is 16.9 Å². The van der Waals surface area contributed by atoms with Crippen LogP contribution in [-0.4, -0.2) is 27.8 Å². The first-order chi connectivity index (χ1) is 11.3. The average Bonchev–Trinajstić information content (AvgIpc) is 2.81. The molecule has 0 bridgehead atoms. The molecular weight excluding hydrogens is 308 g/mol. The molecule has 1 amide bonds. The first kappa shape index (κ1) is 17.2. The van der Waals surface area contributed by atoms with E-state index < -0.39 is 18.0 Å². The molecule has 7 nitrogen and oxygen atoms in total. The van der Waals surface area contributed by atoms with Gasteiger partial charge in [0, 0.05) is 7.05 Å². The van der Waals surface area contributed by atoms with Crippen molar-refractivity contribution in [2.75, 3.05) is 5.32 Å². The molecular formula is C17H18N4O3. The lowest BCUT2D eigenvalue weighted by Gasteiger charge is -2.13. The first-order valence-electron chi connectivity index (χ1n) is 7.35. The van der Waals surface area contributed by atoms with Gasteiger partial charge in [-0.2, -0.15) is 10.4 Å². The molecule has 1 aromatic heterocycles. The second-order valence-electron chi connectivity index (χ2n) is 5.40. The van der Waals surface area contributed by atoms with Crippen LogP contribution in [0.2, 0.25) is 0 Å². The second-order valence-corrected chi connectivity index (χ2v) is 5.40. The number of nitriles is 1. The Bertz CT molecular complexity index is 816. The molecule has 24 heavy (non-hydrogen) atoms. The summed E-state index contributed by atoms with van der Waals surface area (Å²) in [5.41, 5.74) is 2.84. The van der Waals surface area contributed by atoms with Gasteiger partial charge in [-0.25, -0.2) is 4.79 Å². The molecule has 0 spiro atoms.